The normalized spacial score (nSPS) is 21.9. The highest BCUT2D eigenvalue weighted by molar-refractivity contribution is 5.79. The summed E-state index contributed by atoms with van der Waals surface area (Å²) in [6.45, 7) is 11.3. The van der Waals surface area contributed by atoms with E-state index in [0.717, 1.165) is 64.4 Å². The molecule has 1 aromatic carbocycles. The fourth-order valence-electron chi connectivity index (χ4n) is 4.24. The van der Waals surface area contributed by atoms with E-state index in [-0.39, 0.29) is 0 Å². The van der Waals surface area contributed by atoms with Crippen molar-refractivity contribution in [1.82, 2.24) is 20.4 Å². The number of aliphatic imine (C=N–C) groups is 1. The van der Waals surface area contributed by atoms with E-state index in [0.29, 0.717) is 0 Å². The van der Waals surface area contributed by atoms with Gasteiger partial charge in [0.15, 0.2) is 5.96 Å². The van der Waals surface area contributed by atoms with Crippen LogP contribution in [0.1, 0.15) is 43.7 Å². The van der Waals surface area contributed by atoms with Gasteiger partial charge >= 0.3 is 0 Å². The summed E-state index contributed by atoms with van der Waals surface area (Å²) in [4.78, 5) is 9.46. The number of piperidine rings is 1. The Hall–Kier alpha value is -1.63. The van der Waals surface area contributed by atoms with Crippen LogP contribution in [0.3, 0.4) is 0 Å². The number of rotatable bonds is 8. The van der Waals surface area contributed by atoms with Gasteiger partial charge in [-0.05, 0) is 43.9 Å². The van der Waals surface area contributed by atoms with Crippen molar-refractivity contribution in [2.24, 2.45) is 4.99 Å². The minimum atomic E-state index is 0.742. The van der Waals surface area contributed by atoms with Gasteiger partial charge in [0.1, 0.15) is 0 Å². The molecule has 2 aliphatic rings. The van der Waals surface area contributed by atoms with Crippen LogP contribution < -0.4 is 10.6 Å². The lowest BCUT2D eigenvalue weighted by molar-refractivity contribution is 0.0342. The summed E-state index contributed by atoms with van der Waals surface area (Å²) in [7, 11) is 1.84. The molecule has 0 bridgehead atoms. The molecule has 1 unspecified atom stereocenters. The van der Waals surface area contributed by atoms with Crippen LogP contribution in [0.25, 0.3) is 0 Å². The maximum Gasteiger partial charge on any atom is 0.191 e. The molecule has 1 atom stereocenters. The molecule has 29 heavy (non-hydrogen) atoms. The standard InChI is InChI=1S/C23H39N5O/c1-20-7-3-4-11-28(20)12-6-10-25-23(24-2)26-18-21-8-5-9-22(17-21)19-27-13-15-29-16-14-27/h5,8-9,17,20H,3-4,6-7,10-16,18-19H2,1-2H3,(H2,24,25,26). The second-order valence-electron chi connectivity index (χ2n) is 8.30. The van der Waals surface area contributed by atoms with Crippen molar-refractivity contribution in [1.29, 1.82) is 0 Å². The van der Waals surface area contributed by atoms with Gasteiger partial charge in [0.2, 0.25) is 0 Å². The van der Waals surface area contributed by atoms with Crippen LogP contribution in [0.15, 0.2) is 29.3 Å². The summed E-state index contributed by atoms with van der Waals surface area (Å²) in [6, 6.07) is 9.59. The molecule has 0 aromatic heterocycles. The summed E-state index contributed by atoms with van der Waals surface area (Å²) in [6.07, 6.45) is 5.24. The van der Waals surface area contributed by atoms with E-state index in [1.54, 1.807) is 0 Å². The van der Waals surface area contributed by atoms with Crippen LogP contribution in [-0.2, 0) is 17.8 Å². The quantitative estimate of drug-likeness (QED) is 0.398. The topological polar surface area (TPSA) is 52.1 Å². The predicted molar refractivity (Wildman–Crippen MR) is 120 cm³/mol. The average molecular weight is 402 g/mol. The van der Waals surface area contributed by atoms with Crippen LogP contribution >= 0.6 is 0 Å². The Morgan fingerprint density at radius 1 is 1.14 bits per heavy atom. The lowest BCUT2D eigenvalue weighted by Crippen LogP contribution is -2.41. The fourth-order valence-corrected chi connectivity index (χ4v) is 4.24. The molecular formula is C23H39N5O. The summed E-state index contributed by atoms with van der Waals surface area (Å²) in [5, 5.41) is 6.92. The Morgan fingerprint density at radius 2 is 1.97 bits per heavy atom. The number of hydrogen-bond donors (Lipinski definition) is 2. The number of benzene rings is 1. The van der Waals surface area contributed by atoms with E-state index >= 15 is 0 Å². The van der Waals surface area contributed by atoms with Crippen molar-refractivity contribution in [2.75, 3.05) is 53.0 Å². The second-order valence-corrected chi connectivity index (χ2v) is 8.30. The van der Waals surface area contributed by atoms with Gasteiger partial charge in [0.05, 0.1) is 13.2 Å². The van der Waals surface area contributed by atoms with Gasteiger partial charge in [-0.3, -0.25) is 9.89 Å². The van der Waals surface area contributed by atoms with Gasteiger partial charge < -0.3 is 20.3 Å². The number of likely N-dealkylation sites (tertiary alicyclic amines) is 1. The highest BCUT2D eigenvalue weighted by atomic mass is 16.5. The van der Waals surface area contributed by atoms with E-state index in [9.17, 15) is 0 Å². The van der Waals surface area contributed by atoms with Gasteiger partial charge in [-0.15, -0.1) is 0 Å². The molecule has 0 spiro atoms. The first-order valence-corrected chi connectivity index (χ1v) is 11.3. The Morgan fingerprint density at radius 3 is 2.76 bits per heavy atom. The van der Waals surface area contributed by atoms with E-state index in [1.165, 1.54) is 43.5 Å². The first-order valence-electron chi connectivity index (χ1n) is 11.3. The number of hydrogen-bond acceptors (Lipinski definition) is 4. The molecule has 2 fully saturated rings. The lowest BCUT2D eigenvalue weighted by Gasteiger charge is -2.33. The first kappa shape index (κ1) is 22.1. The van der Waals surface area contributed by atoms with Crippen LogP contribution in [0.4, 0.5) is 0 Å². The average Bonchev–Trinajstić information content (AvgIpc) is 2.75. The van der Waals surface area contributed by atoms with E-state index in [1.807, 2.05) is 7.05 Å². The molecule has 6 nitrogen and oxygen atoms in total. The molecule has 0 aliphatic carbocycles. The molecule has 162 valence electrons. The molecule has 0 amide bonds. The molecule has 0 saturated carbocycles. The van der Waals surface area contributed by atoms with Gasteiger partial charge in [0.25, 0.3) is 0 Å². The molecule has 2 aliphatic heterocycles. The predicted octanol–water partition coefficient (Wildman–Crippen LogP) is 2.45. The molecule has 0 radical (unpaired) electrons. The van der Waals surface area contributed by atoms with E-state index < -0.39 is 0 Å². The highest BCUT2D eigenvalue weighted by Gasteiger charge is 2.17. The molecule has 3 rings (SSSR count). The molecule has 2 saturated heterocycles. The zero-order chi connectivity index (χ0) is 20.3. The first-order chi connectivity index (χ1) is 14.2. The van der Waals surface area contributed by atoms with Crippen molar-refractivity contribution < 1.29 is 4.74 Å². The fraction of sp³-hybridized carbons (Fsp3) is 0.696. The van der Waals surface area contributed by atoms with Crippen molar-refractivity contribution >= 4 is 5.96 Å². The summed E-state index contributed by atoms with van der Waals surface area (Å²) < 4.78 is 5.44. The smallest absolute Gasteiger partial charge is 0.191 e. The SMILES string of the molecule is CN=C(NCCCN1CCCCC1C)NCc1cccc(CN2CCOCC2)c1. The van der Waals surface area contributed by atoms with Crippen molar-refractivity contribution in [3.63, 3.8) is 0 Å². The maximum absolute atomic E-state index is 5.44. The molecule has 6 heteroatoms. The van der Waals surface area contributed by atoms with Crippen LogP contribution in [-0.4, -0.2) is 74.8 Å². The second kappa shape index (κ2) is 12.2. The number of guanidine groups is 1. The third-order valence-corrected chi connectivity index (χ3v) is 6.04. The summed E-state index contributed by atoms with van der Waals surface area (Å²) in [5.41, 5.74) is 2.66. The monoisotopic (exact) mass is 401 g/mol. The van der Waals surface area contributed by atoms with Crippen molar-refractivity contribution in [3.05, 3.63) is 35.4 Å². The van der Waals surface area contributed by atoms with Crippen molar-refractivity contribution in [2.45, 2.75) is 51.7 Å². The van der Waals surface area contributed by atoms with Gasteiger partial charge in [-0.1, -0.05) is 30.7 Å². The van der Waals surface area contributed by atoms with Crippen LogP contribution in [0.5, 0.6) is 0 Å². The Balaban J connectivity index is 1.37. The molecule has 2 N–H and O–H groups in total. The molecule has 2 heterocycles. The Kier molecular flexibility index (Phi) is 9.25. The third-order valence-electron chi connectivity index (χ3n) is 6.04. The zero-order valence-corrected chi connectivity index (χ0v) is 18.3. The number of morpholine rings is 1. The minimum Gasteiger partial charge on any atom is -0.379 e. The third kappa shape index (κ3) is 7.61. The van der Waals surface area contributed by atoms with Crippen molar-refractivity contribution in [3.8, 4) is 0 Å². The maximum atomic E-state index is 5.44. The largest absolute Gasteiger partial charge is 0.379 e. The van der Waals surface area contributed by atoms with Crippen LogP contribution in [0, 0.1) is 0 Å². The number of nitrogens with one attached hydrogen (secondary N) is 2. The summed E-state index contributed by atoms with van der Waals surface area (Å²) in [5.74, 6) is 0.885. The Bertz CT molecular complexity index is 629. The van der Waals surface area contributed by atoms with Crippen LogP contribution in [0.2, 0.25) is 0 Å². The molecule has 1 aromatic rings. The number of nitrogens with zero attached hydrogens (tertiary/aromatic N) is 3. The van der Waals surface area contributed by atoms with Gasteiger partial charge in [0, 0.05) is 52.4 Å². The number of ether oxygens (including phenoxy) is 1. The van der Waals surface area contributed by atoms with E-state index in [2.05, 4.69) is 56.6 Å². The van der Waals surface area contributed by atoms with E-state index in [4.69, 9.17) is 4.74 Å². The zero-order valence-electron chi connectivity index (χ0n) is 18.3. The lowest BCUT2D eigenvalue weighted by atomic mass is 10.0. The summed E-state index contributed by atoms with van der Waals surface area (Å²) >= 11 is 0. The minimum absolute atomic E-state index is 0.742. The van der Waals surface area contributed by atoms with Gasteiger partial charge in [-0.25, -0.2) is 0 Å². The Labute approximate surface area is 176 Å². The molecular weight excluding hydrogens is 362 g/mol. The van der Waals surface area contributed by atoms with Gasteiger partial charge in [-0.2, -0.15) is 0 Å². The highest BCUT2D eigenvalue weighted by Crippen LogP contribution is 2.16.